The number of benzene rings is 2. The van der Waals surface area contributed by atoms with Gasteiger partial charge in [0.25, 0.3) is 0 Å². The molecule has 2 N–H and O–H groups in total. The van der Waals surface area contributed by atoms with E-state index in [-0.39, 0.29) is 18.0 Å². The highest BCUT2D eigenvalue weighted by Crippen LogP contribution is 2.23. The van der Waals surface area contributed by atoms with E-state index in [4.69, 9.17) is 0 Å². The van der Waals surface area contributed by atoms with Crippen LogP contribution in [0.15, 0.2) is 48.5 Å². The topological polar surface area (TPSA) is 57.5 Å². The number of halogens is 1. The number of hydrogen-bond donors (Lipinski definition) is 2. The third-order valence-corrected chi connectivity index (χ3v) is 2.92. The third-order valence-electron chi connectivity index (χ3n) is 2.92. The minimum absolute atomic E-state index is 0.0821. The highest BCUT2D eigenvalue weighted by atomic mass is 19.1. The molecule has 0 aromatic heterocycles. The van der Waals surface area contributed by atoms with E-state index in [0.717, 1.165) is 0 Å². The standard InChI is InChI=1S/C15H13FO3/c16-12-3-1-2-10(8-12)9-14(15(18)19)11-4-6-13(17)7-5-11/h1-8,14,17H,9H2,(H,18,19). The van der Waals surface area contributed by atoms with E-state index in [9.17, 15) is 19.4 Å². The number of aliphatic carboxylic acids is 1. The molecule has 1 atom stereocenters. The summed E-state index contributed by atoms with van der Waals surface area (Å²) in [5, 5.41) is 18.5. The first-order valence-electron chi connectivity index (χ1n) is 5.82. The molecule has 0 radical (unpaired) electrons. The minimum atomic E-state index is -0.977. The molecule has 3 nitrogen and oxygen atoms in total. The Morgan fingerprint density at radius 3 is 2.42 bits per heavy atom. The van der Waals surface area contributed by atoms with Gasteiger partial charge in [0.2, 0.25) is 0 Å². The van der Waals surface area contributed by atoms with Crippen LogP contribution in [-0.4, -0.2) is 16.2 Å². The van der Waals surface area contributed by atoms with Crippen LogP contribution in [0.5, 0.6) is 5.75 Å². The monoisotopic (exact) mass is 260 g/mol. The predicted octanol–water partition coefficient (Wildman–Crippen LogP) is 2.94. The van der Waals surface area contributed by atoms with Gasteiger partial charge < -0.3 is 10.2 Å². The fourth-order valence-corrected chi connectivity index (χ4v) is 1.95. The van der Waals surface area contributed by atoms with Gasteiger partial charge in [0.15, 0.2) is 0 Å². The van der Waals surface area contributed by atoms with Crippen molar-refractivity contribution in [3.63, 3.8) is 0 Å². The maximum absolute atomic E-state index is 13.1. The number of carboxylic acids is 1. The molecule has 0 fully saturated rings. The van der Waals surface area contributed by atoms with E-state index >= 15 is 0 Å². The molecule has 2 aromatic carbocycles. The summed E-state index contributed by atoms with van der Waals surface area (Å²) in [6, 6.07) is 11.9. The fraction of sp³-hybridized carbons (Fsp3) is 0.133. The number of aromatic hydroxyl groups is 1. The molecule has 0 spiro atoms. The molecular weight excluding hydrogens is 247 g/mol. The lowest BCUT2D eigenvalue weighted by Crippen LogP contribution is -2.14. The van der Waals surface area contributed by atoms with Crippen molar-refractivity contribution in [2.24, 2.45) is 0 Å². The van der Waals surface area contributed by atoms with Crippen molar-refractivity contribution in [1.29, 1.82) is 0 Å². The molecule has 4 heteroatoms. The van der Waals surface area contributed by atoms with Crippen molar-refractivity contribution in [2.75, 3.05) is 0 Å². The number of carboxylic acid groups (broad SMARTS) is 1. The summed E-state index contributed by atoms with van der Waals surface area (Å²) in [6.45, 7) is 0. The zero-order valence-corrected chi connectivity index (χ0v) is 10.1. The van der Waals surface area contributed by atoms with Gasteiger partial charge in [-0.25, -0.2) is 4.39 Å². The van der Waals surface area contributed by atoms with Crippen LogP contribution in [0.25, 0.3) is 0 Å². The van der Waals surface area contributed by atoms with Gasteiger partial charge in [-0.3, -0.25) is 4.79 Å². The molecule has 1 unspecified atom stereocenters. The largest absolute Gasteiger partial charge is 0.508 e. The Morgan fingerprint density at radius 2 is 1.84 bits per heavy atom. The molecule has 19 heavy (non-hydrogen) atoms. The summed E-state index contributed by atoms with van der Waals surface area (Å²) in [5.41, 5.74) is 1.20. The number of hydrogen-bond acceptors (Lipinski definition) is 2. The first kappa shape index (κ1) is 13.1. The van der Waals surface area contributed by atoms with Crippen LogP contribution >= 0.6 is 0 Å². The first-order valence-corrected chi connectivity index (χ1v) is 5.82. The summed E-state index contributed by atoms with van der Waals surface area (Å²) in [5.74, 6) is -2.04. The minimum Gasteiger partial charge on any atom is -0.508 e. The number of rotatable bonds is 4. The summed E-state index contributed by atoms with van der Waals surface area (Å²) in [4.78, 5) is 11.3. The van der Waals surface area contributed by atoms with E-state index in [1.54, 1.807) is 24.3 Å². The average Bonchev–Trinajstić information content (AvgIpc) is 2.37. The Balaban J connectivity index is 2.26. The number of phenols is 1. The highest BCUT2D eigenvalue weighted by molar-refractivity contribution is 5.76. The van der Waals surface area contributed by atoms with Crippen LogP contribution < -0.4 is 0 Å². The Morgan fingerprint density at radius 1 is 1.16 bits per heavy atom. The molecule has 0 saturated heterocycles. The lowest BCUT2D eigenvalue weighted by molar-refractivity contribution is -0.138. The summed E-state index contributed by atoms with van der Waals surface area (Å²) >= 11 is 0. The van der Waals surface area contributed by atoms with Gasteiger partial charge >= 0.3 is 5.97 Å². The van der Waals surface area contributed by atoms with E-state index in [2.05, 4.69) is 0 Å². The Hall–Kier alpha value is -2.36. The average molecular weight is 260 g/mol. The Bertz CT molecular complexity index is 578. The SMILES string of the molecule is O=C(O)C(Cc1cccc(F)c1)c1ccc(O)cc1. The highest BCUT2D eigenvalue weighted by Gasteiger charge is 2.20. The van der Waals surface area contributed by atoms with Gasteiger partial charge in [-0.15, -0.1) is 0 Å². The Kier molecular flexibility index (Phi) is 3.80. The molecule has 0 saturated carbocycles. The van der Waals surface area contributed by atoms with Crippen molar-refractivity contribution in [2.45, 2.75) is 12.3 Å². The third kappa shape index (κ3) is 3.31. The fourth-order valence-electron chi connectivity index (χ4n) is 1.95. The molecule has 0 aliphatic heterocycles. The molecule has 0 amide bonds. The maximum atomic E-state index is 13.1. The molecule has 2 aromatic rings. The van der Waals surface area contributed by atoms with E-state index in [0.29, 0.717) is 11.1 Å². The van der Waals surface area contributed by atoms with E-state index in [1.165, 1.54) is 24.3 Å². The molecule has 0 heterocycles. The molecule has 98 valence electrons. The van der Waals surface area contributed by atoms with Gasteiger partial charge in [0.1, 0.15) is 11.6 Å². The van der Waals surface area contributed by atoms with Crippen molar-refractivity contribution >= 4 is 5.97 Å². The number of phenolic OH excluding ortho intramolecular Hbond substituents is 1. The zero-order chi connectivity index (χ0) is 13.8. The van der Waals surface area contributed by atoms with Crippen LogP contribution in [0, 0.1) is 5.82 Å². The second kappa shape index (κ2) is 5.52. The van der Waals surface area contributed by atoms with Crippen LogP contribution in [0.1, 0.15) is 17.0 Å². The normalized spacial score (nSPS) is 12.1. The first-order chi connectivity index (χ1) is 9.06. The van der Waals surface area contributed by atoms with Gasteiger partial charge in [0, 0.05) is 0 Å². The second-order valence-corrected chi connectivity index (χ2v) is 4.32. The van der Waals surface area contributed by atoms with E-state index < -0.39 is 11.9 Å². The quantitative estimate of drug-likeness (QED) is 0.888. The molecule has 0 aliphatic rings. The predicted molar refractivity (Wildman–Crippen MR) is 68.6 cm³/mol. The van der Waals surface area contributed by atoms with Gasteiger partial charge in [0.05, 0.1) is 5.92 Å². The summed E-state index contributed by atoms with van der Waals surface area (Å²) in [7, 11) is 0. The van der Waals surface area contributed by atoms with Crippen molar-refractivity contribution < 1.29 is 19.4 Å². The maximum Gasteiger partial charge on any atom is 0.311 e. The molecule has 0 aliphatic carbocycles. The second-order valence-electron chi connectivity index (χ2n) is 4.32. The van der Waals surface area contributed by atoms with Gasteiger partial charge in [-0.1, -0.05) is 24.3 Å². The molecule has 0 bridgehead atoms. The zero-order valence-electron chi connectivity index (χ0n) is 10.1. The molecular formula is C15H13FO3. The number of carbonyl (C=O) groups is 1. The van der Waals surface area contributed by atoms with Gasteiger partial charge in [-0.2, -0.15) is 0 Å². The summed E-state index contributed by atoms with van der Waals surface area (Å²) < 4.78 is 13.1. The smallest absolute Gasteiger partial charge is 0.311 e. The molecule has 2 rings (SSSR count). The van der Waals surface area contributed by atoms with Crippen molar-refractivity contribution in [1.82, 2.24) is 0 Å². The Labute approximate surface area is 109 Å². The van der Waals surface area contributed by atoms with Crippen molar-refractivity contribution in [3.05, 3.63) is 65.5 Å². The van der Waals surface area contributed by atoms with Crippen LogP contribution in [0.4, 0.5) is 4.39 Å². The van der Waals surface area contributed by atoms with Crippen molar-refractivity contribution in [3.8, 4) is 5.75 Å². The van der Waals surface area contributed by atoms with Crippen LogP contribution in [0.3, 0.4) is 0 Å². The summed E-state index contributed by atoms with van der Waals surface area (Å²) in [6.07, 6.45) is 0.206. The van der Waals surface area contributed by atoms with E-state index in [1.807, 2.05) is 0 Å². The van der Waals surface area contributed by atoms with Crippen LogP contribution in [0.2, 0.25) is 0 Å². The lowest BCUT2D eigenvalue weighted by atomic mass is 9.92. The van der Waals surface area contributed by atoms with Gasteiger partial charge in [-0.05, 0) is 41.8 Å². The lowest BCUT2D eigenvalue weighted by Gasteiger charge is -2.13. The van der Waals surface area contributed by atoms with Crippen LogP contribution in [-0.2, 0) is 11.2 Å².